The van der Waals surface area contributed by atoms with Gasteiger partial charge in [0.15, 0.2) is 0 Å². The fraction of sp³-hybridized carbons (Fsp3) is 0.357. The number of aliphatic imine (C=N–C) groups is 1. The summed E-state index contributed by atoms with van der Waals surface area (Å²) in [6.07, 6.45) is 1.67. The van der Waals surface area contributed by atoms with Crippen molar-refractivity contribution in [2.24, 2.45) is 4.99 Å². The highest BCUT2D eigenvalue weighted by atomic mass is 19.4. The van der Waals surface area contributed by atoms with Crippen LogP contribution in [0.1, 0.15) is 26.7 Å². The van der Waals surface area contributed by atoms with Gasteiger partial charge in [-0.2, -0.15) is 13.2 Å². The minimum absolute atomic E-state index is 0.0534. The van der Waals surface area contributed by atoms with Crippen LogP contribution >= 0.6 is 0 Å². The van der Waals surface area contributed by atoms with E-state index in [1.165, 1.54) is 12.3 Å². The molecule has 0 rings (SSSR count). The molecule has 0 bridgehead atoms. The molecule has 18 heavy (non-hydrogen) atoms. The standard InChI is InChI=1S/C14H18F3N/c1-5-7-8-13(14(15,16)17)9-12(4)18-10-11(3)6-2/h7-10H,3-6H2,1-2H3/b8-7-,13-9+,18-10+. The summed E-state index contributed by atoms with van der Waals surface area (Å²) in [5.74, 6) is 0. The van der Waals surface area contributed by atoms with Crippen molar-refractivity contribution in [1.82, 2.24) is 0 Å². The molecule has 0 saturated carbocycles. The smallest absolute Gasteiger partial charge is 0.257 e. The van der Waals surface area contributed by atoms with E-state index in [1.807, 2.05) is 6.92 Å². The summed E-state index contributed by atoms with van der Waals surface area (Å²) in [7, 11) is 0. The number of hydrogen-bond donors (Lipinski definition) is 0. The second kappa shape index (κ2) is 7.69. The maximum Gasteiger partial charge on any atom is 0.416 e. The monoisotopic (exact) mass is 257 g/mol. The van der Waals surface area contributed by atoms with Crippen molar-refractivity contribution in [3.05, 3.63) is 48.2 Å². The first-order valence-corrected chi connectivity index (χ1v) is 5.67. The quantitative estimate of drug-likeness (QED) is 0.469. The summed E-state index contributed by atoms with van der Waals surface area (Å²) >= 11 is 0. The summed E-state index contributed by atoms with van der Waals surface area (Å²) in [5.41, 5.74) is 0.0356. The molecular weight excluding hydrogens is 239 g/mol. The maximum absolute atomic E-state index is 12.6. The van der Waals surface area contributed by atoms with Gasteiger partial charge in [-0.15, -0.1) is 0 Å². The van der Waals surface area contributed by atoms with E-state index in [0.29, 0.717) is 12.8 Å². The van der Waals surface area contributed by atoms with Crippen LogP contribution < -0.4 is 0 Å². The second-order valence-electron chi connectivity index (χ2n) is 3.67. The molecule has 0 atom stereocenters. The molecule has 0 aliphatic rings. The van der Waals surface area contributed by atoms with Gasteiger partial charge in [0.25, 0.3) is 0 Å². The number of rotatable bonds is 6. The minimum atomic E-state index is -4.40. The van der Waals surface area contributed by atoms with Crippen LogP contribution in [0.4, 0.5) is 13.2 Å². The van der Waals surface area contributed by atoms with Gasteiger partial charge in [-0.1, -0.05) is 39.2 Å². The summed E-state index contributed by atoms with van der Waals surface area (Å²) in [6, 6.07) is 0. The maximum atomic E-state index is 12.6. The lowest BCUT2D eigenvalue weighted by Crippen LogP contribution is -2.10. The molecule has 0 aromatic carbocycles. The van der Waals surface area contributed by atoms with Crippen molar-refractivity contribution in [2.45, 2.75) is 32.9 Å². The third-order valence-electron chi connectivity index (χ3n) is 2.05. The molecule has 0 amide bonds. The second-order valence-corrected chi connectivity index (χ2v) is 3.67. The highest BCUT2D eigenvalue weighted by Crippen LogP contribution is 2.27. The lowest BCUT2D eigenvalue weighted by molar-refractivity contribution is -0.0882. The molecule has 0 aromatic rings. The lowest BCUT2D eigenvalue weighted by atomic mass is 10.2. The molecule has 0 heterocycles. The Hall–Kier alpha value is -1.58. The highest BCUT2D eigenvalue weighted by molar-refractivity contribution is 5.78. The fourth-order valence-corrected chi connectivity index (χ4v) is 0.952. The molecule has 0 unspecified atom stereocenters. The third kappa shape index (κ3) is 6.89. The van der Waals surface area contributed by atoms with Crippen LogP contribution in [0, 0.1) is 0 Å². The van der Waals surface area contributed by atoms with E-state index in [4.69, 9.17) is 0 Å². The molecule has 0 saturated heterocycles. The first-order valence-electron chi connectivity index (χ1n) is 5.67. The lowest BCUT2D eigenvalue weighted by Gasteiger charge is -2.07. The molecule has 0 aliphatic heterocycles. The van der Waals surface area contributed by atoms with E-state index >= 15 is 0 Å². The predicted molar refractivity (Wildman–Crippen MR) is 70.6 cm³/mol. The Kier molecular flexibility index (Phi) is 7.01. The third-order valence-corrected chi connectivity index (χ3v) is 2.05. The van der Waals surface area contributed by atoms with Gasteiger partial charge in [0.2, 0.25) is 0 Å². The average molecular weight is 257 g/mol. The van der Waals surface area contributed by atoms with Gasteiger partial charge in [0.1, 0.15) is 0 Å². The van der Waals surface area contributed by atoms with Gasteiger partial charge in [0.05, 0.1) is 11.3 Å². The SMILES string of the molecule is C=C(/C=N/C(=C)/C=C(\C=C/CC)C(F)(F)F)CC. The Labute approximate surface area is 106 Å². The van der Waals surface area contributed by atoms with Crippen LogP contribution in [0.5, 0.6) is 0 Å². The zero-order valence-corrected chi connectivity index (χ0v) is 10.7. The van der Waals surface area contributed by atoms with E-state index in [1.54, 1.807) is 6.92 Å². The van der Waals surface area contributed by atoms with Gasteiger partial charge < -0.3 is 0 Å². The number of hydrogen-bond acceptors (Lipinski definition) is 1. The van der Waals surface area contributed by atoms with Gasteiger partial charge in [0, 0.05) is 6.21 Å². The first-order chi connectivity index (χ1) is 8.31. The highest BCUT2D eigenvalue weighted by Gasteiger charge is 2.31. The van der Waals surface area contributed by atoms with Gasteiger partial charge in [-0.25, -0.2) is 0 Å². The largest absolute Gasteiger partial charge is 0.416 e. The van der Waals surface area contributed by atoms with E-state index in [2.05, 4.69) is 18.2 Å². The van der Waals surface area contributed by atoms with E-state index in [0.717, 1.165) is 17.7 Å². The Morgan fingerprint density at radius 2 is 1.83 bits per heavy atom. The Morgan fingerprint density at radius 3 is 2.28 bits per heavy atom. The molecule has 0 aliphatic carbocycles. The summed E-state index contributed by atoms with van der Waals surface area (Å²) < 4.78 is 37.9. The van der Waals surface area contributed by atoms with Crippen LogP contribution in [-0.2, 0) is 0 Å². The van der Waals surface area contributed by atoms with Crippen molar-refractivity contribution in [2.75, 3.05) is 0 Å². The fourth-order valence-electron chi connectivity index (χ4n) is 0.952. The Bertz CT molecular complexity index is 384. The molecule has 0 fully saturated rings. The molecule has 0 spiro atoms. The Morgan fingerprint density at radius 1 is 1.22 bits per heavy atom. The molecule has 100 valence electrons. The van der Waals surface area contributed by atoms with E-state index in [-0.39, 0.29) is 5.70 Å². The molecular formula is C14H18F3N. The molecule has 1 nitrogen and oxygen atoms in total. The summed E-state index contributed by atoms with van der Waals surface area (Å²) in [6.45, 7) is 10.8. The van der Waals surface area contributed by atoms with Gasteiger partial charge >= 0.3 is 6.18 Å². The van der Waals surface area contributed by atoms with Crippen LogP contribution in [-0.4, -0.2) is 12.4 Å². The topological polar surface area (TPSA) is 12.4 Å². The van der Waals surface area contributed by atoms with Crippen molar-refractivity contribution < 1.29 is 13.2 Å². The number of allylic oxidation sites excluding steroid dienone is 5. The van der Waals surface area contributed by atoms with Crippen molar-refractivity contribution in [3.8, 4) is 0 Å². The molecule has 0 aromatic heterocycles. The number of halogens is 3. The van der Waals surface area contributed by atoms with Crippen LogP contribution in [0.15, 0.2) is 53.2 Å². The van der Waals surface area contributed by atoms with E-state index < -0.39 is 11.7 Å². The van der Waals surface area contributed by atoms with Gasteiger partial charge in [-0.05, 0) is 24.5 Å². The minimum Gasteiger partial charge on any atom is -0.257 e. The molecule has 4 heteroatoms. The molecule has 0 radical (unpaired) electrons. The van der Waals surface area contributed by atoms with E-state index in [9.17, 15) is 13.2 Å². The molecule has 0 N–H and O–H groups in total. The Balaban J connectivity index is 4.96. The number of alkyl halides is 3. The summed E-state index contributed by atoms with van der Waals surface area (Å²) in [5, 5.41) is 0. The van der Waals surface area contributed by atoms with Crippen LogP contribution in [0.3, 0.4) is 0 Å². The zero-order chi connectivity index (χ0) is 14.2. The predicted octanol–water partition coefficient (Wildman–Crippen LogP) is 4.99. The van der Waals surface area contributed by atoms with Gasteiger partial charge in [-0.3, -0.25) is 4.99 Å². The average Bonchev–Trinajstić information content (AvgIpc) is 2.29. The summed E-state index contributed by atoms with van der Waals surface area (Å²) in [4.78, 5) is 3.83. The van der Waals surface area contributed by atoms with Crippen LogP contribution in [0.2, 0.25) is 0 Å². The zero-order valence-electron chi connectivity index (χ0n) is 10.7. The normalized spacial score (nSPS) is 13.5. The van der Waals surface area contributed by atoms with Crippen molar-refractivity contribution in [1.29, 1.82) is 0 Å². The van der Waals surface area contributed by atoms with Crippen LogP contribution in [0.25, 0.3) is 0 Å². The van der Waals surface area contributed by atoms with Crippen molar-refractivity contribution >= 4 is 6.21 Å². The first kappa shape index (κ1) is 16.4. The number of nitrogens with zero attached hydrogens (tertiary/aromatic N) is 1. The van der Waals surface area contributed by atoms with Crippen molar-refractivity contribution in [3.63, 3.8) is 0 Å².